The Morgan fingerprint density at radius 2 is 1.96 bits per heavy atom. The molecular weight excluding hydrogens is 316 g/mol. The Bertz CT molecular complexity index is 753. The van der Waals surface area contributed by atoms with Gasteiger partial charge in [-0.1, -0.05) is 18.2 Å². The number of hydrogen-bond acceptors (Lipinski definition) is 4. The fraction of sp³-hybridized carbons (Fsp3) is 0.450. The van der Waals surface area contributed by atoms with E-state index in [1.165, 1.54) is 16.8 Å². The first-order valence-corrected chi connectivity index (χ1v) is 8.78. The van der Waals surface area contributed by atoms with Crippen molar-refractivity contribution in [2.45, 2.75) is 38.4 Å². The molecule has 0 unspecified atom stereocenters. The second-order valence-corrected chi connectivity index (χ2v) is 6.46. The van der Waals surface area contributed by atoms with Gasteiger partial charge in [0.1, 0.15) is 5.75 Å². The number of benzene rings is 1. The molecule has 1 aliphatic rings. The van der Waals surface area contributed by atoms with Crippen molar-refractivity contribution in [3.8, 4) is 5.75 Å². The predicted molar refractivity (Wildman–Crippen MR) is 98.2 cm³/mol. The molecule has 5 nitrogen and oxygen atoms in total. The van der Waals surface area contributed by atoms with E-state index >= 15 is 0 Å². The Hall–Kier alpha value is -2.11. The van der Waals surface area contributed by atoms with E-state index in [0.29, 0.717) is 19.2 Å². The van der Waals surface area contributed by atoms with Gasteiger partial charge in [-0.15, -0.1) is 0 Å². The lowest BCUT2D eigenvalue weighted by atomic mass is 9.91. The number of hydrogen-bond donors (Lipinski definition) is 1. The number of nitrogens with one attached hydrogen (secondary N) is 1. The molecule has 0 saturated carbocycles. The highest BCUT2D eigenvalue weighted by Crippen LogP contribution is 2.21. The number of fused-ring (bicyclic) bond motifs is 1. The van der Waals surface area contributed by atoms with Crippen molar-refractivity contribution in [3.05, 3.63) is 63.6 Å². The fourth-order valence-electron chi connectivity index (χ4n) is 3.43. The standard InChI is InChI=1S/C20H26N2O3/c1-24-12-11-22-19-9-6-17(13-16(19)5-10-20(22)23)21-14-15-3-7-18(25-2)8-4-15/h3-5,7-8,10,17,21H,6,9,11-14H2,1-2H3/t17-/m0/s1. The van der Waals surface area contributed by atoms with E-state index < -0.39 is 0 Å². The second kappa shape index (κ2) is 8.32. The van der Waals surface area contributed by atoms with Crippen LogP contribution in [0.1, 0.15) is 23.2 Å². The first-order valence-electron chi connectivity index (χ1n) is 8.78. The summed E-state index contributed by atoms with van der Waals surface area (Å²) < 4.78 is 12.2. The third-order valence-electron chi connectivity index (χ3n) is 4.86. The lowest BCUT2D eigenvalue weighted by molar-refractivity contribution is 0.184. The summed E-state index contributed by atoms with van der Waals surface area (Å²) in [5.74, 6) is 0.879. The number of nitrogens with zero attached hydrogens (tertiary/aromatic N) is 1. The van der Waals surface area contributed by atoms with E-state index in [1.54, 1.807) is 20.3 Å². The van der Waals surface area contributed by atoms with E-state index in [4.69, 9.17) is 9.47 Å². The van der Waals surface area contributed by atoms with Crippen LogP contribution in [0.2, 0.25) is 0 Å². The van der Waals surface area contributed by atoms with Crippen LogP contribution in [0.3, 0.4) is 0 Å². The molecule has 5 heteroatoms. The summed E-state index contributed by atoms with van der Waals surface area (Å²) in [6.45, 7) is 2.03. The first kappa shape index (κ1) is 17.7. The highest BCUT2D eigenvalue weighted by Gasteiger charge is 2.21. The van der Waals surface area contributed by atoms with Crippen molar-refractivity contribution in [1.82, 2.24) is 9.88 Å². The summed E-state index contributed by atoms with van der Waals surface area (Å²) in [7, 11) is 3.35. The van der Waals surface area contributed by atoms with Gasteiger partial charge in [0, 0.05) is 38.0 Å². The minimum Gasteiger partial charge on any atom is -0.497 e. The van der Waals surface area contributed by atoms with E-state index in [9.17, 15) is 4.79 Å². The van der Waals surface area contributed by atoms with Gasteiger partial charge in [0.05, 0.1) is 13.7 Å². The van der Waals surface area contributed by atoms with Gasteiger partial charge in [-0.05, 0) is 42.5 Å². The monoisotopic (exact) mass is 342 g/mol. The van der Waals surface area contributed by atoms with Crippen LogP contribution in [-0.2, 0) is 30.7 Å². The summed E-state index contributed by atoms with van der Waals surface area (Å²) in [4.78, 5) is 12.1. The van der Waals surface area contributed by atoms with E-state index in [-0.39, 0.29) is 5.56 Å². The number of pyridine rings is 1. The molecular formula is C20H26N2O3. The summed E-state index contributed by atoms with van der Waals surface area (Å²) in [6, 6.07) is 12.3. The first-order chi connectivity index (χ1) is 12.2. The van der Waals surface area contributed by atoms with E-state index in [1.807, 2.05) is 22.8 Å². The Labute approximate surface area is 148 Å². The van der Waals surface area contributed by atoms with E-state index in [2.05, 4.69) is 17.4 Å². The maximum atomic E-state index is 12.1. The Kier molecular flexibility index (Phi) is 5.89. The van der Waals surface area contributed by atoms with Crippen LogP contribution in [0, 0.1) is 0 Å². The zero-order chi connectivity index (χ0) is 17.6. The molecule has 1 atom stereocenters. The average molecular weight is 342 g/mol. The summed E-state index contributed by atoms with van der Waals surface area (Å²) >= 11 is 0. The minimum atomic E-state index is 0.0699. The normalized spacial score (nSPS) is 16.5. The molecule has 0 aliphatic heterocycles. The molecule has 0 radical (unpaired) electrons. The lowest BCUT2D eigenvalue weighted by Gasteiger charge is -2.28. The number of ether oxygens (including phenoxy) is 2. The molecule has 0 saturated heterocycles. The number of methoxy groups -OCH3 is 2. The van der Waals surface area contributed by atoms with E-state index in [0.717, 1.165) is 31.6 Å². The maximum Gasteiger partial charge on any atom is 0.250 e. The van der Waals surface area contributed by atoms with Crippen molar-refractivity contribution in [2.24, 2.45) is 0 Å². The van der Waals surface area contributed by atoms with Crippen LogP contribution in [0.5, 0.6) is 5.75 Å². The van der Waals surface area contributed by atoms with Gasteiger partial charge in [-0.25, -0.2) is 0 Å². The molecule has 25 heavy (non-hydrogen) atoms. The molecule has 2 aromatic rings. The quantitative estimate of drug-likeness (QED) is 0.838. The third kappa shape index (κ3) is 4.30. The van der Waals surface area contributed by atoms with Crippen LogP contribution in [0.15, 0.2) is 41.2 Å². The van der Waals surface area contributed by atoms with Crippen molar-refractivity contribution >= 4 is 0 Å². The third-order valence-corrected chi connectivity index (χ3v) is 4.86. The summed E-state index contributed by atoms with van der Waals surface area (Å²) in [5.41, 5.74) is 3.76. The molecule has 0 fully saturated rings. The molecule has 1 N–H and O–H groups in total. The molecule has 134 valence electrons. The van der Waals surface area contributed by atoms with Gasteiger partial charge in [0.15, 0.2) is 0 Å². The summed E-state index contributed by atoms with van der Waals surface area (Å²) in [6.07, 6.45) is 2.92. The highest BCUT2D eigenvalue weighted by molar-refractivity contribution is 5.28. The number of rotatable bonds is 7. The van der Waals surface area contributed by atoms with Gasteiger partial charge in [0.2, 0.25) is 0 Å². The number of aromatic nitrogens is 1. The molecule has 1 heterocycles. The molecule has 0 amide bonds. The summed E-state index contributed by atoms with van der Waals surface area (Å²) in [5, 5.41) is 3.64. The minimum absolute atomic E-state index is 0.0699. The molecule has 1 aromatic carbocycles. The van der Waals surface area contributed by atoms with Gasteiger partial charge in [-0.3, -0.25) is 4.79 Å². The van der Waals surface area contributed by atoms with Crippen LogP contribution in [-0.4, -0.2) is 31.4 Å². The van der Waals surface area contributed by atoms with Crippen molar-refractivity contribution in [3.63, 3.8) is 0 Å². The van der Waals surface area contributed by atoms with Crippen LogP contribution in [0.25, 0.3) is 0 Å². The molecule has 0 bridgehead atoms. The van der Waals surface area contributed by atoms with Gasteiger partial charge >= 0.3 is 0 Å². The predicted octanol–water partition coefficient (Wildman–Crippen LogP) is 2.15. The maximum absolute atomic E-state index is 12.1. The molecule has 1 aliphatic carbocycles. The van der Waals surface area contributed by atoms with Gasteiger partial charge < -0.3 is 19.4 Å². The average Bonchev–Trinajstić information content (AvgIpc) is 2.66. The van der Waals surface area contributed by atoms with Crippen LogP contribution >= 0.6 is 0 Å². The lowest BCUT2D eigenvalue weighted by Crippen LogP contribution is -2.37. The van der Waals surface area contributed by atoms with Crippen LogP contribution in [0.4, 0.5) is 0 Å². The highest BCUT2D eigenvalue weighted by atomic mass is 16.5. The Morgan fingerprint density at radius 3 is 2.68 bits per heavy atom. The molecule has 1 aromatic heterocycles. The largest absolute Gasteiger partial charge is 0.497 e. The Balaban J connectivity index is 1.63. The fourth-order valence-corrected chi connectivity index (χ4v) is 3.43. The smallest absolute Gasteiger partial charge is 0.250 e. The Morgan fingerprint density at radius 1 is 1.16 bits per heavy atom. The zero-order valence-corrected chi connectivity index (χ0v) is 15.0. The molecule has 0 spiro atoms. The van der Waals surface area contributed by atoms with Crippen LogP contribution < -0.4 is 15.6 Å². The molecule has 3 rings (SSSR count). The van der Waals surface area contributed by atoms with Crippen molar-refractivity contribution < 1.29 is 9.47 Å². The van der Waals surface area contributed by atoms with Gasteiger partial charge in [0.25, 0.3) is 5.56 Å². The SMILES string of the molecule is COCCn1c2c(ccc1=O)C[C@@H](NCc1ccc(OC)cc1)CC2. The van der Waals surface area contributed by atoms with Crippen molar-refractivity contribution in [1.29, 1.82) is 0 Å². The second-order valence-electron chi connectivity index (χ2n) is 6.46. The zero-order valence-electron chi connectivity index (χ0n) is 15.0. The van der Waals surface area contributed by atoms with Gasteiger partial charge in [-0.2, -0.15) is 0 Å². The van der Waals surface area contributed by atoms with Crippen molar-refractivity contribution in [2.75, 3.05) is 20.8 Å². The topological polar surface area (TPSA) is 52.5 Å².